The molecule has 0 aliphatic rings. The molecule has 7 nitrogen and oxygen atoms in total. The van der Waals surface area contributed by atoms with Crippen molar-refractivity contribution in [1.29, 1.82) is 0 Å². The highest BCUT2D eigenvalue weighted by Crippen LogP contribution is 2.20. The Kier molecular flexibility index (Phi) is 6.19. The van der Waals surface area contributed by atoms with Gasteiger partial charge in [0.25, 0.3) is 5.91 Å². The van der Waals surface area contributed by atoms with E-state index in [0.29, 0.717) is 22.9 Å². The quantitative estimate of drug-likeness (QED) is 0.615. The van der Waals surface area contributed by atoms with Gasteiger partial charge in [0.15, 0.2) is 0 Å². The summed E-state index contributed by atoms with van der Waals surface area (Å²) in [5.41, 5.74) is 3.73. The van der Waals surface area contributed by atoms with Crippen molar-refractivity contribution < 1.29 is 14.3 Å². The Morgan fingerprint density at radius 3 is 2.59 bits per heavy atom. The number of para-hydroxylation sites is 1. The van der Waals surface area contributed by atoms with Gasteiger partial charge in [-0.1, -0.05) is 31.2 Å². The fourth-order valence-corrected chi connectivity index (χ4v) is 2.85. The lowest BCUT2D eigenvalue weighted by Gasteiger charge is -2.11. The molecule has 3 aromatic rings. The number of ether oxygens (including phenoxy) is 1. The normalized spacial score (nSPS) is 10.3. The third-order valence-corrected chi connectivity index (χ3v) is 4.27. The van der Waals surface area contributed by atoms with Gasteiger partial charge in [0.05, 0.1) is 12.7 Å². The van der Waals surface area contributed by atoms with Gasteiger partial charge >= 0.3 is 5.97 Å². The molecule has 2 N–H and O–H groups in total. The Hall–Kier alpha value is -3.74. The summed E-state index contributed by atoms with van der Waals surface area (Å²) in [4.78, 5) is 33.1. The average Bonchev–Trinajstić information content (AvgIpc) is 2.73. The van der Waals surface area contributed by atoms with Crippen molar-refractivity contribution in [2.45, 2.75) is 20.3 Å². The molecule has 1 amide bonds. The van der Waals surface area contributed by atoms with Crippen molar-refractivity contribution in [3.05, 3.63) is 77.1 Å². The molecular formula is C22H22N4O3. The van der Waals surface area contributed by atoms with E-state index < -0.39 is 11.9 Å². The van der Waals surface area contributed by atoms with Gasteiger partial charge in [-0.15, -0.1) is 0 Å². The van der Waals surface area contributed by atoms with E-state index in [1.165, 1.54) is 7.11 Å². The first-order chi connectivity index (χ1) is 14.0. The maximum absolute atomic E-state index is 12.7. The second kappa shape index (κ2) is 8.97. The molecule has 0 saturated heterocycles. The number of amides is 1. The van der Waals surface area contributed by atoms with Crippen LogP contribution in [0.15, 0.2) is 54.6 Å². The molecule has 7 heteroatoms. The number of aryl methyl sites for hydroxylation is 2. The molecule has 0 bridgehead atoms. The molecule has 2 aromatic carbocycles. The van der Waals surface area contributed by atoms with Crippen LogP contribution in [0.4, 0.5) is 17.3 Å². The van der Waals surface area contributed by atoms with E-state index in [-0.39, 0.29) is 5.69 Å². The van der Waals surface area contributed by atoms with Gasteiger partial charge in [-0.05, 0) is 49.2 Å². The summed E-state index contributed by atoms with van der Waals surface area (Å²) >= 11 is 0. The van der Waals surface area contributed by atoms with E-state index >= 15 is 0 Å². The molecule has 1 heterocycles. The SMILES string of the molecule is CCc1ccccc1Nc1nc(C)cc(C(=O)Nc2cccc(C(=O)OC)c2)n1. The molecule has 0 unspecified atom stereocenters. The van der Waals surface area contributed by atoms with Crippen LogP contribution in [0.5, 0.6) is 0 Å². The number of esters is 1. The maximum atomic E-state index is 12.7. The molecule has 0 saturated carbocycles. The number of hydrogen-bond acceptors (Lipinski definition) is 6. The molecule has 1 aromatic heterocycles. The van der Waals surface area contributed by atoms with Gasteiger partial charge in [0.1, 0.15) is 5.69 Å². The lowest BCUT2D eigenvalue weighted by Crippen LogP contribution is -2.16. The zero-order valence-corrected chi connectivity index (χ0v) is 16.5. The minimum atomic E-state index is -0.472. The molecule has 148 valence electrons. The van der Waals surface area contributed by atoms with Gasteiger partial charge in [0, 0.05) is 17.1 Å². The lowest BCUT2D eigenvalue weighted by atomic mass is 10.1. The number of nitrogens with zero attached hydrogens (tertiary/aromatic N) is 2. The van der Waals surface area contributed by atoms with Gasteiger partial charge < -0.3 is 15.4 Å². The highest BCUT2D eigenvalue weighted by molar-refractivity contribution is 6.03. The fraction of sp³-hybridized carbons (Fsp3) is 0.182. The third-order valence-electron chi connectivity index (χ3n) is 4.27. The number of methoxy groups -OCH3 is 1. The topological polar surface area (TPSA) is 93.2 Å². The van der Waals surface area contributed by atoms with Crippen LogP contribution in [-0.4, -0.2) is 29.0 Å². The minimum absolute atomic E-state index is 0.220. The van der Waals surface area contributed by atoms with E-state index in [2.05, 4.69) is 27.5 Å². The van der Waals surface area contributed by atoms with Crippen molar-refractivity contribution in [3.63, 3.8) is 0 Å². The Morgan fingerprint density at radius 2 is 1.83 bits per heavy atom. The predicted octanol–water partition coefficient (Wildman–Crippen LogP) is 4.13. The first-order valence-corrected chi connectivity index (χ1v) is 9.20. The van der Waals surface area contributed by atoms with Crippen LogP contribution in [-0.2, 0) is 11.2 Å². The molecule has 0 aliphatic heterocycles. The predicted molar refractivity (Wildman–Crippen MR) is 112 cm³/mol. The summed E-state index contributed by atoms with van der Waals surface area (Å²) < 4.78 is 4.71. The highest BCUT2D eigenvalue weighted by atomic mass is 16.5. The van der Waals surface area contributed by atoms with Crippen molar-refractivity contribution >= 4 is 29.2 Å². The largest absolute Gasteiger partial charge is 0.465 e. The summed E-state index contributed by atoms with van der Waals surface area (Å²) in [5, 5.41) is 5.95. The van der Waals surface area contributed by atoms with Gasteiger partial charge in [-0.25, -0.2) is 14.8 Å². The second-order valence-electron chi connectivity index (χ2n) is 6.38. The second-order valence-corrected chi connectivity index (χ2v) is 6.38. The van der Waals surface area contributed by atoms with Crippen molar-refractivity contribution in [1.82, 2.24) is 9.97 Å². The van der Waals surface area contributed by atoms with Crippen LogP contribution in [0.2, 0.25) is 0 Å². The minimum Gasteiger partial charge on any atom is -0.465 e. The smallest absolute Gasteiger partial charge is 0.337 e. The van der Waals surface area contributed by atoms with Gasteiger partial charge in [0.2, 0.25) is 5.95 Å². The Bertz CT molecular complexity index is 1050. The molecule has 29 heavy (non-hydrogen) atoms. The van der Waals surface area contributed by atoms with Crippen molar-refractivity contribution in [2.75, 3.05) is 17.7 Å². The third kappa shape index (κ3) is 4.95. The van der Waals surface area contributed by atoms with Gasteiger partial charge in [-0.3, -0.25) is 4.79 Å². The molecule has 0 radical (unpaired) electrons. The number of hydrogen-bond donors (Lipinski definition) is 2. The summed E-state index contributed by atoms with van der Waals surface area (Å²) in [6.45, 7) is 3.87. The van der Waals surface area contributed by atoms with E-state index in [4.69, 9.17) is 4.74 Å². The molecule has 0 fully saturated rings. The summed E-state index contributed by atoms with van der Waals surface area (Å²) in [6.07, 6.45) is 0.860. The fourth-order valence-electron chi connectivity index (χ4n) is 2.85. The van der Waals surface area contributed by atoms with Crippen LogP contribution in [0.25, 0.3) is 0 Å². The van der Waals surface area contributed by atoms with Crippen LogP contribution >= 0.6 is 0 Å². The van der Waals surface area contributed by atoms with Gasteiger partial charge in [-0.2, -0.15) is 0 Å². The van der Waals surface area contributed by atoms with Crippen LogP contribution < -0.4 is 10.6 Å². The zero-order valence-electron chi connectivity index (χ0n) is 16.5. The lowest BCUT2D eigenvalue weighted by molar-refractivity contribution is 0.0600. The molecule has 0 aliphatic carbocycles. The number of carbonyl (C=O) groups excluding carboxylic acids is 2. The molecular weight excluding hydrogens is 368 g/mol. The van der Waals surface area contributed by atoms with E-state index in [0.717, 1.165) is 17.7 Å². The first-order valence-electron chi connectivity index (χ1n) is 9.20. The Morgan fingerprint density at radius 1 is 1.03 bits per heavy atom. The highest BCUT2D eigenvalue weighted by Gasteiger charge is 2.13. The monoisotopic (exact) mass is 390 g/mol. The number of aromatic nitrogens is 2. The Labute approximate surface area is 169 Å². The number of nitrogens with one attached hydrogen (secondary N) is 2. The number of rotatable bonds is 6. The molecule has 0 spiro atoms. The van der Waals surface area contributed by atoms with E-state index in [1.54, 1.807) is 37.3 Å². The number of benzene rings is 2. The van der Waals surface area contributed by atoms with Crippen LogP contribution in [0.1, 0.15) is 39.0 Å². The average molecular weight is 390 g/mol. The van der Waals surface area contributed by atoms with Crippen LogP contribution in [0.3, 0.4) is 0 Å². The van der Waals surface area contributed by atoms with Crippen LogP contribution in [0, 0.1) is 6.92 Å². The maximum Gasteiger partial charge on any atom is 0.337 e. The summed E-state index contributed by atoms with van der Waals surface area (Å²) in [7, 11) is 1.31. The standard InChI is InChI=1S/C22H22N4O3/c1-4-15-8-5-6-11-18(15)25-22-23-14(2)12-19(26-22)20(27)24-17-10-7-9-16(13-17)21(28)29-3/h5-13H,4H2,1-3H3,(H,24,27)(H,23,25,26). The first kappa shape index (κ1) is 20.0. The zero-order chi connectivity index (χ0) is 20.8. The molecule has 3 rings (SSSR count). The number of anilines is 3. The summed E-state index contributed by atoms with van der Waals surface area (Å²) in [6, 6.07) is 16.0. The number of carbonyl (C=O) groups is 2. The van der Waals surface area contributed by atoms with Crippen molar-refractivity contribution in [3.8, 4) is 0 Å². The van der Waals surface area contributed by atoms with E-state index in [1.807, 2.05) is 24.3 Å². The summed E-state index contributed by atoms with van der Waals surface area (Å²) in [5.74, 6) is -0.524. The van der Waals surface area contributed by atoms with Crippen molar-refractivity contribution in [2.24, 2.45) is 0 Å². The van der Waals surface area contributed by atoms with E-state index in [9.17, 15) is 9.59 Å². The molecule has 0 atom stereocenters. The Balaban J connectivity index is 1.82.